The normalized spacial score (nSPS) is 11.7. The van der Waals surface area contributed by atoms with Gasteiger partial charge in [-0.25, -0.2) is 4.98 Å². The molecule has 0 saturated heterocycles. The Hall–Kier alpha value is -1.90. The molecule has 1 amide bonds. The Bertz CT molecular complexity index is 942. The summed E-state index contributed by atoms with van der Waals surface area (Å²) in [7, 11) is 0. The number of alkyl halides is 3. The predicted octanol–water partition coefficient (Wildman–Crippen LogP) is 5.29. The number of anilines is 1. The second kappa shape index (κ2) is 6.78. The van der Waals surface area contributed by atoms with Crippen molar-refractivity contribution >= 4 is 52.3 Å². The number of hydrogen-bond donors (Lipinski definition) is 1. The number of nitrogens with one attached hydrogen (secondary N) is 1. The number of imidazole rings is 1. The molecule has 0 radical (unpaired) electrons. The van der Waals surface area contributed by atoms with Crippen molar-refractivity contribution < 1.29 is 18.0 Å². The Morgan fingerprint density at radius 3 is 2.36 bits per heavy atom. The highest BCUT2D eigenvalue weighted by atomic mass is 35.5. The highest BCUT2D eigenvalue weighted by Gasteiger charge is 2.39. The Labute approximate surface area is 153 Å². The molecule has 2 heterocycles. The second-order valence-corrected chi connectivity index (χ2v) is 6.78. The molecule has 25 heavy (non-hydrogen) atoms. The van der Waals surface area contributed by atoms with E-state index in [2.05, 4.69) is 4.98 Å². The lowest BCUT2D eigenvalue weighted by molar-refractivity contribution is -0.167. The summed E-state index contributed by atoms with van der Waals surface area (Å²) < 4.78 is 39.2. The number of benzene rings is 1. The number of aromatic nitrogens is 2. The highest BCUT2D eigenvalue weighted by Crippen LogP contribution is 2.35. The number of carbonyl (C=O) groups excluding carboxylic acids is 1. The van der Waals surface area contributed by atoms with E-state index in [9.17, 15) is 18.0 Å². The minimum Gasteiger partial charge on any atom is -0.300 e. The van der Waals surface area contributed by atoms with Gasteiger partial charge in [0.25, 0.3) is 0 Å². The van der Waals surface area contributed by atoms with Crippen LogP contribution in [0.5, 0.6) is 0 Å². The lowest BCUT2D eigenvalue weighted by atomic mass is 10.4. The maximum absolute atomic E-state index is 12.6. The summed E-state index contributed by atoms with van der Waals surface area (Å²) >= 11 is 12.9. The minimum absolute atomic E-state index is 0.204. The molecule has 2 aromatic heterocycles. The molecule has 4 nitrogen and oxygen atoms in total. The fourth-order valence-corrected chi connectivity index (χ4v) is 3.19. The Morgan fingerprint density at radius 1 is 1.08 bits per heavy atom. The van der Waals surface area contributed by atoms with Gasteiger partial charge < -0.3 is 5.32 Å². The summed E-state index contributed by atoms with van der Waals surface area (Å²) in [6.07, 6.45) is -3.51. The lowest BCUT2D eigenvalue weighted by Crippen LogP contribution is -2.30. The number of amides is 1. The van der Waals surface area contributed by atoms with Gasteiger partial charge in [-0.05, 0) is 36.4 Å². The molecule has 3 aromatic rings. The van der Waals surface area contributed by atoms with Gasteiger partial charge in [-0.15, -0.1) is 0 Å². The molecular formula is C15H8Cl2F3N3OS. The summed E-state index contributed by atoms with van der Waals surface area (Å²) in [5, 5.41) is 2.99. The van der Waals surface area contributed by atoms with Crippen LogP contribution in [0.4, 0.5) is 19.0 Å². The average molecular weight is 406 g/mol. The van der Waals surface area contributed by atoms with Crippen LogP contribution < -0.4 is 5.32 Å². The van der Waals surface area contributed by atoms with Crippen molar-refractivity contribution in [1.29, 1.82) is 0 Å². The van der Waals surface area contributed by atoms with Crippen molar-refractivity contribution in [3.05, 3.63) is 52.6 Å². The first-order valence-corrected chi connectivity index (χ1v) is 8.30. The number of pyridine rings is 1. The summed E-state index contributed by atoms with van der Waals surface area (Å²) in [6.45, 7) is 0. The number of carbonyl (C=O) groups is 1. The third-order valence-corrected chi connectivity index (χ3v) is 4.62. The summed E-state index contributed by atoms with van der Waals surface area (Å²) in [4.78, 5) is 16.0. The van der Waals surface area contributed by atoms with Gasteiger partial charge in [0.2, 0.25) is 0 Å². The first-order chi connectivity index (χ1) is 11.7. The molecule has 0 aliphatic carbocycles. The Kier molecular flexibility index (Phi) is 4.86. The van der Waals surface area contributed by atoms with Crippen molar-refractivity contribution in [3.63, 3.8) is 0 Å². The van der Waals surface area contributed by atoms with E-state index < -0.39 is 12.1 Å². The van der Waals surface area contributed by atoms with Gasteiger partial charge in [0, 0.05) is 16.1 Å². The van der Waals surface area contributed by atoms with Gasteiger partial charge in [-0.3, -0.25) is 9.20 Å². The highest BCUT2D eigenvalue weighted by molar-refractivity contribution is 7.99. The number of halogens is 5. The van der Waals surface area contributed by atoms with E-state index in [1.807, 2.05) is 0 Å². The fraction of sp³-hybridized carbons (Fsp3) is 0.0667. The standard InChI is InChI=1S/C15H8Cl2F3N3OS/c16-8-1-4-10(5-2-8)25-13-12(22-14(24)15(18,19)20)21-11-6-3-9(17)7-23(11)13/h1-7H,(H,22,24). The Balaban J connectivity index is 2.06. The predicted molar refractivity (Wildman–Crippen MR) is 90.5 cm³/mol. The Morgan fingerprint density at radius 2 is 1.72 bits per heavy atom. The van der Waals surface area contributed by atoms with Crippen LogP contribution in [-0.2, 0) is 4.79 Å². The zero-order valence-electron chi connectivity index (χ0n) is 12.1. The number of rotatable bonds is 3. The third kappa shape index (κ3) is 4.02. The van der Waals surface area contributed by atoms with Crippen molar-refractivity contribution in [1.82, 2.24) is 9.38 Å². The molecule has 130 valence electrons. The number of fused-ring (bicyclic) bond motifs is 1. The SMILES string of the molecule is O=C(Nc1nc2ccc(Cl)cn2c1Sc1ccc(Cl)cc1)C(F)(F)F. The van der Waals surface area contributed by atoms with Crippen molar-refractivity contribution in [2.24, 2.45) is 0 Å². The molecule has 1 N–H and O–H groups in total. The van der Waals surface area contributed by atoms with Crippen molar-refractivity contribution in [2.45, 2.75) is 16.1 Å². The first kappa shape index (κ1) is 17.9. The monoisotopic (exact) mass is 405 g/mol. The van der Waals surface area contributed by atoms with E-state index in [-0.39, 0.29) is 10.8 Å². The van der Waals surface area contributed by atoms with Gasteiger partial charge in [-0.2, -0.15) is 13.2 Å². The average Bonchev–Trinajstić information content (AvgIpc) is 2.86. The van der Waals surface area contributed by atoms with E-state index in [0.29, 0.717) is 20.6 Å². The molecule has 0 spiro atoms. The van der Waals surface area contributed by atoms with E-state index in [1.165, 1.54) is 16.7 Å². The molecule has 3 rings (SSSR count). The maximum atomic E-state index is 12.6. The number of hydrogen-bond acceptors (Lipinski definition) is 3. The lowest BCUT2D eigenvalue weighted by Gasteiger charge is -2.08. The largest absolute Gasteiger partial charge is 0.471 e. The van der Waals surface area contributed by atoms with E-state index in [4.69, 9.17) is 23.2 Å². The van der Waals surface area contributed by atoms with Gasteiger partial charge in [-0.1, -0.05) is 35.0 Å². The smallest absolute Gasteiger partial charge is 0.300 e. The van der Waals surface area contributed by atoms with Crippen LogP contribution in [0.25, 0.3) is 5.65 Å². The molecule has 0 fully saturated rings. The van der Waals surface area contributed by atoms with Crippen LogP contribution in [0.2, 0.25) is 10.0 Å². The molecular weight excluding hydrogens is 398 g/mol. The van der Waals surface area contributed by atoms with Crippen LogP contribution in [0.1, 0.15) is 0 Å². The van der Waals surface area contributed by atoms with Crippen molar-refractivity contribution in [3.8, 4) is 0 Å². The van der Waals surface area contributed by atoms with Gasteiger partial charge in [0.15, 0.2) is 5.82 Å². The molecule has 0 atom stereocenters. The molecule has 0 saturated carbocycles. The van der Waals surface area contributed by atoms with E-state index >= 15 is 0 Å². The van der Waals surface area contributed by atoms with Crippen LogP contribution in [-0.4, -0.2) is 21.5 Å². The number of nitrogens with zero attached hydrogens (tertiary/aromatic N) is 2. The van der Waals surface area contributed by atoms with Crippen LogP contribution in [0, 0.1) is 0 Å². The molecule has 0 bridgehead atoms. The van der Waals surface area contributed by atoms with Crippen LogP contribution >= 0.6 is 35.0 Å². The minimum atomic E-state index is -5.02. The quantitative estimate of drug-likeness (QED) is 0.643. The zero-order valence-corrected chi connectivity index (χ0v) is 14.5. The topological polar surface area (TPSA) is 46.4 Å². The van der Waals surface area contributed by atoms with Crippen LogP contribution in [0.3, 0.4) is 0 Å². The van der Waals surface area contributed by atoms with Gasteiger partial charge in [0.05, 0.1) is 5.02 Å². The van der Waals surface area contributed by atoms with Gasteiger partial charge >= 0.3 is 12.1 Å². The van der Waals surface area contributed by atoms with Crippen LogP contribution in [0.15, 0.2) is 52.5 Å². The van der Waals surface area contributed by atoms with Crippen molar-refractivity contribution in [2.75, 3.05) is 5.32 Å². The third-order valence-electron chi connectivity index (χ3n) is 3.06. The summed E-state index contributed by atoms with van der Waals surface area (Å²) in [5.74, 6) is -2.30. The summed E-state index contributed by atoms with van der Waals surface area (Å²) in [6, 6.07) is 9.79. The molecule has 10 heteroatoms. The van der Waals surface area contributed by atoms with E-state index in [0.717, 1.165) is 11.8 Å². The van der Waals surface area contributed by atoms with Gasteiger partial charge in [0.1, 0.15) is 10.7 Å². The maximum Gasteiger partial charge on any atom is 0.471 e. The fourth-order valence-electron chi connectivity index (χ4n) is 1.97. The molecule has 0 aliphatic rings. The van der Waals surface area contributed by atoms with E-state index in [1.54, 1.807) is 35.6 Å². The zero-order chi connectivity index (χ0) is 18.2. The second-order valence-electron chi connectivity index (χ2n) is 4.85. The summed E-state index contributed by atoms with van der Waals surface area (Å²) in [5.41, 5.74) is 0.346. The first-order valence-electron chi connectivity index (χ1n) is 6.73. The molecule has 0 unspecified atom stereocenters. The molecule has 0 aliphatic heterocycles. The molecule has 1 aromatic carbocycles.